The van der Waals surface area contributed by atoms with Crippen molar-refractivity contribution in [1.29, 1.82) is 0 Å². The van der Waals surface area contributed by atoms with Crippen molar-refractivity contribution in [2.75, 3.05) is 19.0 Å². The molecule has 0 aliphatic carbocycles. The lowest BCUT2D eigenvalue weighted by atomic mass is 10.2. The Kier molecular flexibility index (Phi) is 5.06. The van der Waals surface area contributed by atoms with E-state index in [1.54, 1.807) is 0 Å². The minimum atomic E-state index is -3.81. The number of hydrogen-bond acceptors (Lipinski definition) is 6. The van der Waals surface area contributed by atoms with Gasteiger partial charge in [0.15, 0.2) is 0 Å². The minimum Gasteiger partial charge on any atom is -0.371 e. The predicted octanol–water partition coefficient (Wildman–Crippen LogP) is 1.41. The van der Waals surface area contributed by atoms with Gasteiger partial charge in [-0.1, -0.05) is 0 Å². The zero-order chi connectivity index (χ0) is 14.6. The number of nitrogens with zero attached hydrogens (tertiary/aromatic N) is 1. The number of carbonyl (C=O) groups is 1. The molecule has 1 aromatic heterocycles. The van der Waals surface area contributed by atoms with Crippen LogP contribution in [0, 0.1) is 0 Å². The van der Waals surface area contributed by atoms with E-state index in [9.17, 15) is 17.6 Å². The van der Waals surface area contributed by atoms with Gasteiger partial charge in [0, 0.05) is 12.0 Å². The molecule has 9 heteroatoms. The molecule has 112 valence electrons. The van der Waals surface area contributed by atoms with Crippen LogP contribution in [-0.4, -0.2) is 38.3 Å². The van der Waals surface area contributed by atoms with Gasteiger partial charge in [-0.2, -0.15) is 0 Å². The van der Waals surface area contributed by atoms with Gasteiger partial charge in [-0.15, -0.1) is 11.3 Å². The van der Waals surface area contributed by atoms with Gasteiger partial charge in [-0.3, -0.25) is 9.18 Å². The molecule has 1 aromatic rings. The standard InChI is InChI=1S/C11H15FN2O4S2/c12-4-2-6-20(16,17)14-10(15)8-7-19-11(13-8)9-3-1-5-18-9/h7,9H,1-6H2,(H,14,15)/t9-/m0/s1. The number of ether oxygens (including phenoxy) is 1. The van der Waals surface area contributed by atoms with Crippen molar-refractivity contribution in [2.24, 2.45) is 0 Å². The molecule has 1 saturated heterocycles. The maximum Gasteiger partial charge on any atom is 0.284 e. The molecule has 0 spiro atoms. The van der Waals surface area contributed by atoms with Crippen LogP contribution >= 0.6 is 11.3 Å². The fraction of sp³-hybridized carbons (Fsp3) is 0.636. The molecule has 1 fully saturated rings. The molecule has 0 radical (unpaired) electrons. The van der Waals surface area contributed by atoms with Crippen molar-refractivity contribution in [3.63, 3.8) is 0 Å². The van der Waals surface area contributed by atoms with Crippen LogP contribution in [0.25, 0.3) is 0 Å². The first-order valence-corrected chi connectivity index (χ1v) is 8.73. The van der Waals surface area contributed by atoms with Crippen LogP contribution in [0.3, 0.4) is 0 Å². The first-order chi connectivity index (χ1) is 9.52. The maximum absolute atomic E-state index is 12.0. The van der Waals surface area contributed by atoms with Crippen molar-refractivity contribution >= 4 is 27.3 Å². The summed E-state index contributed by atoms with van der Waals surface area (Å²) in [4.78, 5) is 15.9. The third kappa shape index (κ3) is 3.97. The normalized spacial score (nSPS) is 19.1. The van der Waals surface area contributed by atoms with Crippen LogP contribution in [0.15, 0.2) is 5.38 Å². The zero-order valence-corrected chi connectivity index (χ0v) is 12.3. The second kappa shape index (κ2) is 6.59. The highest BCUT2D eigenvalue weighted by Crippen LogP contribution is 2.30. The molecule has 2 rings (SSSR count). The van der Waals surface area contributed by atoms with Crippen LogP contribution in [0.1, 0.15) is 40.9 Å². The Labute approximate surface area is 120 Å². The summed E-state index contributed by atoms with van der Waals surface area (Å²) < 4.78 is 42.3. The number of thiazole rings is 1. The van der Waals surface area contributed by atoms with Crippen molar-refractivity contribution < 1.29 is 22.3 Å². The Morgan fingerprint density at radius 3 is 3.05 bits per heavy atom. The van der Waals surface area contributed by atoms with E-state index in [4.69, 9.17) is 4.74 Å². The van der Waals surface area contributed by atoms with E-state index in [-0.39, 0.29) is 18.2 Å². The van der Waals surface area contributed by atoms with E-state index < -0.39 is 28.4 Å². The monoisotopic (exact) mass is 322 g/mol. The first-order valence-electron chi connectivity index (χ1n) is 6.19. The highest BCUT2D eigenvalue weighted by atomic mass is 32.2. The Morgan fingerprint density at radius 1 is 1.60 bits per heavy atom. The summed E-state index contributed by atoms with van der Waals surface area (Å²) >= 11 is 1.27. The van der Waals surface area contributed by atoms with E-state index in [0.717, 1.165) is 12.8 Å². The summed E-state index contributed by atoms with van der Waals surface area (Å²) in [5.41, 5.74) is 0.0457. The molecule has 0 saturated carbocycles. The van der Waals surface area contributed by atoms with Crippen molar-refractivity contribution in [2.45, 2.75) is 25.4 Å². The van der Waals surface area contributed by atoms with Crippen LogP contribution in [0.4, 0.5) is 4.39 Å². The highest BCUT2D eigenvalue weighted by molar-refractivity contribution is 7.90. The van der Waals surface area contributed by atoms with Crippen LogP contribution < -0.4 is 4.72 Å². The average Bonchev–Trinajstić information content (AvgIpc) is 3.05. The molecule has 6 nitrogen and oxygen atoms in total. The molecule has 1 N–H and O–H groups in total. The van der Waals surface area contributed by atoms with E-state index in [1.165, 1.54) is 16.7 Å². The molecule has 2 heterocycles. The number of aromatic nitrogens is 1. The maximum atomic E-state index is 12.0. The Bertz CT molecular complexity index is 567. The van der Waals surface area contributed by atoms with Crippen molar-refractivity contribution in [3.8, 4) is 0 Å². The lowest BCUT2D eigenvalue weighted by molar-refractivity contribution is 0.0973. The Balaban J connectivity index is 1.99. The number of amides is 1. The second-order valence-corrected chi connectivity index (χ2v) is 7.10. The summed E-state index contributed by atoms with van der Waals surface area (Å²) in [6.45, 7) is -0.0711. The summed E-state index contributed by atoms with van der Waals surface area (Å²) in [6, 6.07) is 0. The lowest BCUT2D eigenvalue weighted by Gasteiger charge is -2.05. The van der Waals surface area contributed by atoms with Gasteiger partial charge in [0.05, 0.1) is 12.4 Å². The van der Waals surface area contributed by atoms with Gasteiger partial charge in [0.2, 0.25) is 10.0 Å². The number of nitrogens with one attached hydrogen (secondary N) is 1. The molecule has 1 atom stereocenters. The summed E-state index contributed by atoms with van der Waals surface area (Å²) in [6.07, 6.45) is 1.55. The molecule has 0 unspecified atom stereocenters. The fourth-order valence-electron chi connectivity index (χ4n) is 1.80. The van der Waals surface area contributed by atoms with Crippen LogP contribution in [0.2, 0.25) is 0 Å². The lowest BCUT2D eigenvalue weighted by Crippen LogP contribution is -2.32. The SMILES string of the molecule is O=C(NS(=O)(=O)CCCF)c1csc([C@@H]2CCCO2)n1. The number of sulfonamides is 1. The van der Waals surface area contributed by atoms with Gasteiger partial charge < -0.3 is 4.74 Å². The van der Waals surface area contributed by atoms with Gasteiger partial charge in [0.25, 0.3) is 5.91 Å². The largest absolute Gasteiger partial charge is 0.371 e. The number of rotatable bonds is 6. The van der Waals surface area contributed by atoms with Crippen LogP contribution in [-0.2, 0) is 14.8 Å². The van der Waals surface area contributed by atoms with Gasteiger partial charge in [-0.25, -0.2) is 18.1 Å². The molecule has 0 aromatic carbocycles. The minimum absolute atomic E-state index is 0.0457. The summed E-state index contributed by atoms with van der Waals surface area (Å²) in [5.74, 6) is -1.21. The molecular formula is C11H15FN2O4S2. The third-order valence-electron chi connectivity index (χ3n) is 2.75. The molecular weight excluding hydrogens is 307 g/mol. The van der Waals surface area contributed by atoms with Gasteiger partial charge >= 0.3 is 0 Å². The number of alkyl halides is 1. The van der Waals surface area contributed by atoms with E-state index in [2.05, 4.69) is 4.98 Å². The van der Waals surface area contributed by atoms with E-state index in [1.807, 2.05) is 4.72 Å². The molecule has 20 heavy (non-hydrogen) atoms. The predicted molar refractivity (Wildman–Crippen MR) is 71.9 cm³/mol. The molecule has 1 aliphatic heterocycles. The molecule has 1 aliphatic rings. The van der Waals surface area contributed by atoms with Crippen molar-refractivity contribution in [3.05, 3.63) is 16.1 Å². The van der Waals surface area contributed by atoms with E-state index >= 15 is 0 Å². The molecule has 1 amide bonds. The number of carbonyl (C=O) groups excluding carboxylic acids is 1. The summed E-state index contributed by atoms with van der Waals surface area (Å²) in [7, 11) is -3.81. The highest BCUT2D eigenvalue weighted by Gasteiger charge is 2.23. The second-order valence-electron chi connectivity index (χ2n) is 4.37. The third-order valence-corrected chi connectivity index (χ3v) is 5.01. The zero-order valence-electron chi connectivity index (χ0n) is 10.7. The Hall–Kier alpha value is -1.06. The van der Waals surface area contributed by atoms with E-state index in [0.29, 0.717) is 11.6 Å². The first kappa shape index (κ1) is 15.3. The fourth-order valence-corrected chi connectivity index (χ4v) is 3.66. The van der Waals surface area contributed by atoms with Crippen molar-refractivity contribution in [1.82, 2.24) is 9.71 Å². The number of halogens is 1. The quantitative estimate of drug-likeness (QED) is 0.856. The Morgan fingerprint density at radius 2 is 2.40 bits per heavy atom. The average molecular weight is 322 g/mol. The summed E-state index contributed by atoms with van der Waals surface area (Å²) in [5, 5.41) is 2.17. The molecule has 0 bridgehead atoms. The topological polar surface area (TPSA) is 85.4 Å². The van der Waals surface area contributed by atoms with Crippen LogP contribution in [0.5, 0.6) is 0 Å². The van der Waals surface area contributed by atoms with Gasteiger partial charge in [0.1, 0.15) is 16.8 Å². The number of hydrogen-bond donors (Lipinski definition) is 1. The smallest absolute Gasteiger partial charge is 0.284 e. The van der Waals surface area contributed by atoms with Gasteiger partial charge in [-0.05, 0) is 19.3 Å².